The summed E-state index contributed by atoms with van der Waals surface area (Å²) in [6, 6.07) is 67.3. The van der Waals surface area contributed by atoms with E-state index in [2.05, 4.69) is 126 Å². The zero-order valence-corrected chi connectivity index (χ0v) is 30.2. The van der Waals surface area contributed by atoms with Crippen LogP contribution in [0, 0.1) is 0 Å². The quantitative estimate of drug-likeness (QED) is 0.172. The molecule has 3 aromatic heterocycles. The molecule has 0 spiro atoms. The van der Waals surface area contributed by atoms with E-state index in [1.165, 1.54) is 21.9 Å². The molecule has 0 N–H and O–H groups in total. The van der Waals surface area contributed by atoms with Gasteiger partial charge in [-0.25, -0.2) is 15.0 Å². The lowest BCUT2D eigenvalue weighted by Gasteiger charge is -2.16. The van der Waals surface area contributed by atoms with E-state index in [1.807, 2.05) is 72.8 Å². The first-order valence-corrected chi connectivity index (χ1v) is 18.8. The predicted octanol–water partition coefficient (Wildman–Crippen LogP) is 13.2. The Kier molecular flexibility index (Phi) is 7.42. The SMILES string of the molecule is c1ccc(-c2nc(-c3ccccc3)nc(-c3cccc4oc5c(-c6ccccc6)c(-n6c7ccccc7c7cccc(-c8ccccc8)c76)ccc5c34)n2)cc1. The Labute approximate surface area is 322 Å². The monoisotopic (exact) mass is 716 g/mol. The van der Waals surface area contributed by atoms with Crippen molar-refractivity contribution in [1.82, 2.24) is 19.5 Å². The maximum absolute atomic E-state index is 7.02. The average Bonchev–Trinajstić information content (AvgIpc) is 3.83. The molecule has 0 bridgehead atoms. The minimum atomic E-state index is 0.589. The number of hydrogen-bond donors (Lipinski definition) is 0. The lowest BCUT2D eigenvalue weighted by Crippen LogP contribution is -2.00. The Morgan fingerprint density at radius 3 is 1.59 bits per heavy atom. The van der Waals surface area contributed by atoms with Crippen molar-refractivity contribution in [1.29, 1.82) is 0 Å². The van der Waals surface area contributed by atoms with E-state index in [0.717, 1.165) is 66.5 Å². The number of aromatic nitrogens is 4. The Bertz CT molecular complexity index is 3170. The van der Waals surface area contributed by atoms with Crippen LogP contribution in [0.2, 0.25) is 0 Å². The topological polar surface area (TPSA) is 56.7 Å². The summed E-state index contributed by atoms with van der Waals surface area (Å²) in [7, 11) is 0. The molecule has 0 saturated heterocycles. The molecular formula is C51H32N4O. The van der Waals surface area contributed by atoms with Gasteiger partial charge in [-0.1, -0.05) is 170 Å². The molecule has 0 aliphatic carbocycles. The third-order valence-corrected chi connectivity index (χ3v) is 10.7. The van der Waals surface area contributed by atoms with Crippen molar-refractivity contribution in [2.45, 2.75) is 0 Å². The van der Waals surface area contributed by atoms with E-state index in [-0.39, 0.29) is 0 Å². The van der Waals surface area contributed by atoms with Crippen molar-refractivity contribution in [3.05, 3.63) is 194 Å². The van der Waals surface area contributed by atoms with Gasteiger partial charge in [-0.05, 0) is 35.4 Å². The molecule has 8 aromatic carbocycles. The minimum Gasteiger partial charge on any atom is -0.455 e. The Hall–Kier alpha value is -7.63. The number of para-hydroxylation sites is 2. The molecule has 0 unspecified atom stereocenters. The lowest BCUT2D eigenvalue weighted by atomic mass is 9.98. The maximum atomic E-state index is 7.02. The second-order valence-corrected chi connectivity index (χ2v) is 13.9. The van der Waals surface area contributed by atoms with E-state index in [0.29, 0.717) is 17.5 Å². The molecule has 0 aliphatic heterocycles. The van der Waals surface area contributed by atoms with Crippen LogP contribution in [0.5, 0.6) is 0 Å². The van der Waals surface area contributed by atoms with Crippen LogP contribution in [0.4, 0.5) is 0 Å². The van der Waals surface area contributed by atoms with E-state index in [1.54, 1.807) is 0 Å². The normalized spacial score (nSPS) is 11.6. The second kappa shape index (κ2) is 13.0. The zero-order valence-electron chi connectivity index (χ0n) is 30.2. The molecule has 0 atom stereocenters. The molecule has 3 heterocycles. The zero-order chi connectivity index (χ0) is 37.0. The van der Waals surface area contributed by atoms with E-state index in [9.17, 15) is 0 Å². The lowest BCUT2D eigenvalue weighted by molar-refractivity contribution is 0.670. The van der Waals surface area contributed by atoms with E-state index in [4.69, 9.17) is 19.4 Å². The van der Waals surface area contributed by atoms with Crippen molar-refractivity contribution in [3.63, 3.8) is 0 Å². The first-order chi connectivity index (χ1) is 27.8. The summed E-state index contributed by atoms with van der Waals surface area (Å²) in [5.74, 6) is 1.82. The molecule has 11 aromatic rings. The van der Waals surface area contributed by atoms with E-state index < -0.39 is 0 Å². The molecule has 0 amide bonds. The number of rotatable bonds is 6. The van der Waals surface area contributed by atoms with Gasteiger partial charge in [0, 0.05) is 49.4 Å². The fraction of sp³-hybridized carbons (Fsp3) is 0. The van der Waals surface area contributed by atoms with Gasteiger partial charge in [0.2, 0.25) is 0 Å². The molecule has 5 nitrogen and oxygen atoms in total. The first-order valence-electron chi connectivity index (χ1n) is 18.8. The van der Waals surface area contributed by atoms with Gasteiger partial charge in [0.15, 0.2) is 17.5 Å². The fourth-order valence-corrected chi connectivity index (χ4v) is 8.18. The smallest absolute Gasteiger partial charge is 0.164 e. The summed E-state index contributed by atoms with van der Waals surface area (Å²) >= 11 is 0. The van der Waals surface area contributed by atoms with Gasteiger partial charge in [-0.15, -0.1) is 0 Å². The largest absolute Gasteiger partial charge is 0.455 e. The summed E-state index contributed by atoms with van der Waals surface area (Å²) in [5, 5.41) is 4.35. The molecule has 262 valence electrons. The third kappa shape index (κ3) is 5.13. The molecule has 5 heteroatoms. The summed E-state index contributed by atoms with van der Waals surface area (Å²) in [6.07, 6.45) is 0. The number of nitrogens with zero attached hydrogens (tertiary/aromatic N) is 4. The highest BCUT2D eigenvalue weighted by molar-refractivity contribution is 6.18. The van der Waals surface area contributed by atoms with Gasteiger partial charge in [-0.2, -0.15) is 0 Å². The Morgan fingerprint density at radius 2 is 0.911 bits per heavy atom. The van der Waals surface area contributed by atoms with Gasteiger partial charge < -0.3 is 8.98 Å². The number of benzene rings is 8. The molecule has 0 aliphatic rings. The van der Waals surface area contributed by atoms with Crippen LogP contribution in [0.1, 0.15) is 0 Å². The van der Waals surface area contributed by atoms with Gasteiger partial charge >= 0.3 is 0 Å². The van der Waals surface area contributed by atoms with Gasteiger partial charge in [0.05, 0.1) is 16.7 Å². The number of furan rings is 1. The molecular weight excluding hydrogens is 685 g/mol. The van der Waals surface area contributed by atoms with Crippen molar-refractivity contribution >= 4 is 43.7 Å². The summed E-state index contributed by atoms with van der Waals surface area (Å²) in [4.78, 5) is 15.2. The van der Waals surface area contributed by atoms with Gasteiger partial charge in [0.1, 0.15) is 11.2 Å². The van der Waals surface area contributed by atoms with Gasteiger partial charge in [-0.3, -0.25) is 0 Å². The summed E-state index contributed by atoms with van der Waals surface area (Å²) < 4.78 is 9.45. The highest BCUT2D eigenvalue weighted by Crippen LogP contribution is 2.46. The highest BCUT2D eigenvalue weighted by atomic mass is 16.3. The van der Waals surface area contributed by atoms with Crippen molar-refractivity contribution in [3.8, 4) is 62.1 Å². The van der Waals surface area contributed by atoms with Crippen LogP contribution in [0.25, 0.3) is 106 Å². The second-order valence-electron chi connectivity index (χ2n) is 13.9. The molecule has 11 rings (SSSR count). The highest BCUT2D eigenvalue weighted by Gasteiger charge is 2.24. The molecule has 56 heavy (non-hydrogen) atoms. The van der Waals surface area contributed by atoms with Crippen LogP contribution in [-0.4, -0.2) is 19.5 Å². The fourth-order valence-electron chi connectivity index (χ4n) is 8.18. The number of hydrogen-bond acceptors (Lipinski definition) is 4. The van der Waals surface area contributed by atoms with Crippen LogP contribution in [0.15, 0.2) is 199 Å². The summed E-state index contributed by atoms with van der Waals surface area (Å²) in [5.41, 5.74) is 12.0. The van der Waals surface area contributed by atoms with Crippen molar-refractivity contribution < 1.29 is 4.42 Å². The summed E-state index contributed by atoms with van der Waals surface area (Å²) in [6.45, 7) is 0. The van der Waals surface area contributed by atoms with Crippen LogP contribution in [-0.2, 0) is 0 Å². The Balaban J connectivity index is 1.22. The van der Waals surface area contributed by atoms with Crippen molar-refractivity contribution in [2.24, 2.45) is 0 Å². The minimum absolute atomic E-state index is 0.589. The molecule has 0 radical (unpaired) electrons. The average molecular weight is 717 g/mol. The molecule has 0 saturated carbocycles. The standard InChI is InChI=1S/C51H32N4O/c1-5-17-33(18-6-1)37-26-15-27-39-38-25-13-14-29-42(38)55(47(37)39)43-32-31-40-46-41(28-16-30-44(46)56-48(40)45(43)34-19-7-2-8-20-34)51-53-49(35-21-9-3-10-22-35)52-50(54-51)36-23-11-4-12-24-36/h1-32H. The third-order valence-electron chi connectivity index (χ3n) is 10.7. The number of fused-ring (bicyclic) bond motifs is 6. The van der Waals surface area contributed by atoms with E-state index >= 15 is 0 Å². The molecule has 0 fully saturated rings. The van der Waals surface area contributed by atoms with Crippen LogP contribution >= 0.6 is 0 Å². The first kappa shape index (κ1) is 31.9. The van der Waals surface area contributed by atoms with Crippen molar-refractivity contribution in [2.75, 3.05) is 0 Å². The predicted molar refractivity (Wildman–Crippen MR) is 229 cm³/mol. The van der Waals surface area contributed by atoms with Gasteiger partial charge in [0.25, 0.3) is 0 Å². The van der Waals surface area contributed by atoms with Crippen LogP contribution < -0.4 is 0 Å². The maximum Gasteiger partial charge on any atom is 0.164 e. The Morgan fingerprint density at radius 1 is 0.375 bits per heavy atom. The van der Waals surface area contributed by atoms with Crippen LogP contribution in [0.3, 0.4) is 0 Å².